The Kier molecular flexibility index (Phi) is 3.88. The van der Waals surface area contributed by atoms with Crippen molar-refractivity contribution in [1.82, 2.24) is 15.5 Å². The molecule has 0 saturated carbocycles. The molecule has 4 nitrogen and oxygen atoms in total. The van der Waals surface area contributed by atoms with Crippen LogP contribution >= 0.6 is 0 Å². The minimum atomic E-state index is 0.0524. The molecule has 0 aliphatic carbocycles. The van der Waals surface area contributed by atoms with Gasteiger partial charge in [0.1, 0.15) is 0 Å². The fraction of sp³-hybridized carbons (Fsp3) is 0.636. The number of hydrogen-bond acceptors (Lipinski definition) is 2. The molecular weight excluding hydrogens is 190 g/mol. The van der Waals surface area contributed by atoms with Crippen molar-refractivity contribution in [2.45, 2.75) is 34.1 Å². The lowest BCUT2D eigenvalue weighted by molar-refractivity contribution is -0.123. The first-order valence-electron chi connectivity index (χ1n) is 5.30. The molecule has 0 radical (unpaired) electrons. The number of aromatic amines is 1. The lowest BCUT2D eigenvalue weighted by atomic mass is 10.1. The SMILES string of the molecule is Cc1n[nH]c(C)c1CCNC(=O)C(C)C. The Morgan fingerprint density at radius 1 is 1.47 bits per heavy atom. The number of hydrogen-bond donors (Lipinski definition) is 2. The predicted octanol–water partition coefficient (Wildman–Crippen LogP) is 1.34. The van der Waals surface area contributed by atoms with Crippen LogP contribution in [0.2, 0.25) is 0 Å². The van der Waals surface area contributed by atoms with Crippen LogP contribution in [0.4, 0.5) is 0 Å². The van der Waals surface area contributed by atoms with Crippen molar-refractivity contribution >= 4 is 5.91 Å². The van der Waals surface area contributed by atoms with Crippen molar-refractivity contribution in [1.29, 1.82) is 0 Å². The topological polar surface area (TPSA) is 57.8 Å². The van der Waals surface area contributed by atoms with Gasteiger partial charge in [-0.3, -0.25) is 9.89 Å². The number of aromatic nitrogens is 2. The average molecular weight is 209 g/mol. The maximum atomic E-state index is 11.3. The standard InChI is InChI=1S/C11H19N3O/c1-7(2)11(15)12-6-5-10-8(3)13-14-9(10)4/h7H,5-6H2,1-4H3,(H,12,15)(H,13,14). The second-order valence-corrected chi connectivity index (χ2v) is 4.11. The largest absolute Gasteiger partial charge is 0.356 e. The van der Waals surface area contributed by atoms with Gasteiger partial charge in [0.25, 0.3) is 0 Å². The third kappa shape index (κ3) is 3.08. The summed E-state index contributed by atoms with van der Waals surface area (Å²) < 4.78 is 0. The third-order valence-electron chi connectivity index (χ3n) is 2.48. The molecule has 0 bridgehead atoms. The summed E-state index contributed by atoms with van der Waals surface area (Å²) in [7, 11) is 0. The molecule has 1 aromatic heterocycles. The first-order valence-corrected chi connectivity index (χ1v) is 5.30. The number of rotatable bonds is 4. The summed E-state index contributed by atoms with van der Waals surface area (Å²) in [6.07, 6.45) is 0.840. The van der Waals surface area contributed by atoms with Crippen molar-refractivity contribution in [2.75, 3.05) is 6.54 Å². The summed E-state index contributed by atoms with van der Waals surface area (Å²) in [6, 6.07) is 0. The molecule has 1 aromatic rings. The van der Waals surface area contributed by atoms with Gasteiger partial charge in [-0.2, -0.15) is 5.10 Å². The van der Waals surface area contributed by atoms with E-state index in [9.17, 15) is 4.79 Å². The van der Waals surface area contributed by atoms with E-state index in [4.69, 9.17) is 0 Å². The zero-order valence-corrected chi connectivity index (χ0v) is 9.85. The fourth-order valence-corrected chi connectivity index (χ4v) is 1.46. The van der Waals surface area contributed by atoms with Crippen LogP contribution in [-0.2, 0) is 11.2 Å². The van der Waals surface area contributed by atoms with Gasteiger partial charge in [-0.1, -0.05) is 13.8 Å². The summed E-state index contributed by atoms with van der Waals surface area (Å²) >= 11 is 0. The molecule has 0 aromatic carbocycles. The number of nitrogens with one attached hydrogen (secondary N) is 2. The van der Waals surface area contributed by atoms with Gasteiger partial charge < -0.3 is 5.32 Å². The Hall–Kier alpha value is -1.32. The number of H-pyrrole nitrogens is 1. The second kappa shape index (κ2) is 4.96. The molecule has 0 fully saturated rings. The number of aryl methyl sites for hydroxylation is 2. The monoisotopic (exact) mass is 209 g/mol. The molecule has 0 unspecified atom stereocenters. The Balaban J connectivity index is 2.41. The van der Waals surface area contributed by atoms with Gasteiger partial charge in [0, 0.05) is 18.2 Å². The highest BCUT2D eigenvalue weighted by Crippen LogP contribution is 2.09. The predicted molar refractivity (Wildman–Crippen MR) is 59.6 cm³/mol. The van der Waals surface area contributed by atoms with Crippen LogP contribution in [0.1, 0.15) is 30.8 Å². The van der Waals surface area contributed by atoms with Crippen LogP contribution < -0.4 is 5.32 Å². The lowest BCUT2D eigenvalue weighted by Crippen LogP contribution is -2.29. The molecule has 1 heterocycles. The minimum absolute atomic E-state index is 0.0524. The van der Waals surface area contributed by atoms with Crippen molar-refractivity contribution in [3.05, 3.63) is 17.0 Å². The molecule has 1 rings (SSSR count). The maximum absolute atomic E-state index is 11.3. The molecule has 84 valence electrons. The van der Waals surface area contributed by atoms with E-state index < -0.39 is 0 Å². The van der Waals surface area contributed by atoms with Gasteiger partial charge in [-0.05, 0) is 25.8 Å². The number of carbonyl (C=O) groups excluding carboxylic acids is 1. The highest BCUT2D eigenvalue weighted by Gasteiger charge is 2.08. The van der Waals surface area contributed by atoms with Crippen molar-refractivity contribution < 1.29 is 4.79 Å². The van der Waals surface area contributed by atoms with E-state index in [-0.39, 0.29) is 11.8 Å². The van der Waals surface area contributed by atoms with E-state index in [0.717, 1.165) is 17.8 Å². The van der Waals surface area contributed by atoms with Crippen molar-refractivity contribution in [3.63, 3.8) is 0 Å². The van der Waals surface area contributed by atoms with Gasteiger partial charge in [-0.25, -0.2) is 0 Å². The van der Waals surface area contributed by atoms with Gasteiger partial charge in [0.05, 0.1) is 5.69 Å². The van der Waals surface area contributed by atoms with Gasteiger partial charge in [0.15, 0.2) is 0 Å². The molecular formula is C11H19N3O. The van der Waals surface area contributed by atoms with E-state index in [1.807, 2.05) is 27.7 Å². The smallest absolute Gasteiger partial charge is 0.222 e. The van der Waals surface area contributed by atoms with Crippen molar-refractivity contribution in [3.8, 4) is 0 Å². The van der Waals surface area contributed by atoms with Gasteiger partial charge in [0.2, 0.25) is 5.91 Å². The van der Waals surface area contributed by atoms with Crippen LogP contribution in [0.25, 0.3) is 0 Å². The Morgan fingerprint density at radius 3 is 2.60 bits per heavy atom. The zero-order chi connectivity index (χ0) is 11.4. The Labute approximate surface area is 90.5 Å². The molecule has 0 aliphatic rings. The first-order chi connectivity index (χ1) is 7.02. The molecule has 0 saturated heterocycles. The van der Waals surface area contributed by atoms with Crippen LogP contribution in [0, 0.1) is 19.8 Å². The Bertz CT molecular complexity index is 322. The fourth-order valence-electron chi connectivity index (χ4n) is 1.46. The minimum Gasteiger partial charge on any atom is -0.356 e. The molecule has 4 heteroatoms. The maximum Gasteiger partial charge on any atom is 0.222 e. The molecule has 15 heavy (non-hydrogen) atoms. The van der Waals surface area contributed by atoms with E-state index in [2.05, 4.69) is 15.5 Å². The summed E-state index contributed by atoms with van der Waals surface area (Å²) in [5.74, 6) is 0.158. The first kappa shape index (κ1) is 11.8. The van der Waals surface area contributed by atoms with Gasteiger partial charge >= 0.3 is 0 Å². The number of amides is 1. The van der Waals surface area contributed by atoms with E-state index >= 15 is 0 Å². The van der Waals surface area contributed by atoms with Gasteiger partial charge in [-0.15, -0.1) is 0 Å². The molecule has 0 aliphatic heterocycles. The van der Waals surface area contributed by atoms with E-state index in [1.165, 1.54) is 5.56 Å². The molecule has 0 spiro atoms. The average Bonchev–Trinajstić information content (AvgIpc) is 2.48. The second-order valence-electron chi connectivity index (χ2n) is 4.11. The third-order valence-corrected chi connectivity index (χ3v) is 2.48. The van der Waals surface area contributed by atoms with Crippen molar-refractivity contribution in [2.24, 2.45) is 5.92 Å². The summed E-state index contributed by atoms with van der Waals surface area (Å²) in [5, 5.41) is 9.94. The van der Waals surface area contributed by atoms with Crippen LogP contribution in [0.3, 0.4) is 0 Å². The van der Waals surface area contributed by atoms with Crippen LogP contribution in [0.15, 0.2) is 0 Å². The quantitative estimate of drug-likeness (QED) is 0.786. The van der Waals surface area contributed by atoms with Crippen LogP contribution in [-0.4, -0.2) is 22.6 Å². The molecule has 1 amide bonds. The zero-order valence-electron chi connectivity index (χ0n) is 9.85. The Morgan fingerprint density at radius 2 is 2.13 bits per heavy atom. The lowest BCUT2D eigenvalue weighted by Gasteiger charge is -2.07. The number of nitrogens with zero attached hydrogens (tertiary/aromatic N) is 1. The molecule has 2 N–H and O–H groups in total. The number of carbonyl (C=O) groups is 1. The summed E-state index contributed by atoms with van der Waals surface area (Å²) in [5.41, 5.74) is 3.32. The van der Waals surface area contributed by atoms with E-state index in [1.54, 1.807) is 0 Å². The highest BCUT2D eigenvalue weighted by molar-refractivity contribution is 5.77. The molecule has 0 atom stereocenters. The van der Waals surface area contributed by atoms with E-state index in [0.29, 0.717) is 6.54 Å². The summed E-state index contributed by atoms with van der Waals surface area (Å²) in [6.45, 7) is 8.44. The normalized spacial score (nSPS) is 10.7. The summed E-state index contributed by atoms with van der Waals surface area (Å²) in [4.78, 5) is 11.3. The van der Waals surface area contributed by atoms with Crippen LogP contribution in [0.5, 0.6) is 0 Å². The highest BCUT2D eigenvalue weighted by atomic mass is 16.1.